The third-order valence-corrected chi connectivity index (χ3v) is 14.5. The Morgan fingerprint density at radius 1 is 0.855 bits per heavy atom. The summed E-state index contributed by atoms with van der Waals surface area (Å²) in [6, 6.07) is 6.83. The Morgan fingerprint density at radius 3 is 2.00 bits per heavy atom. The molecule has 2 saturated carbocycles. The largest absolute Gasteiger partial charge is 0.417 e. The molecular weight excluding hydrogens is 917 g/mol. The van der Waals surface area contributed by atoms with E-state index in [0.29, 0.717) is 56.0 Å². The number of pyridine rings is 1. The number of hydrogen-bond acceptors (Lipinski definition) is 15. The van der Waals surface area contributed by atoms with Gasteiger partial charge in [0.2, 0.25) is 17.7 Å². The Morgan fingerprint density at radius 2 is 1.45 bits per heavy atom. The van der Waals surface area contributed by atoms with Crippen LogP contribution in [0.3, 0.4) is 0 Å². The number of aromatic nitrogens is 7. The predicted octanol–water partition coefficient (Wildman–Crippen LogP) is 6.95. The molecule has 5 aromatic rings. The van der Waals surface area contributed by atoms with E-state index in [2.05, 4.69) is 47.2 Å². The number of methoxy groups -OCH3 is 1. The van der Waals surface area contributed by atoms with Gasteiger partial charge in [0.25, 0.3) is 10.0 Å². The second-order valence-corrected chi connectivity index (χ2v) is 20.6. The van der Waals surface area contributed by atoms with Crippen molar-refractivity contribution in [1.29, 1.82) is 0 Å². The molecule has 1 amide bonds. The summed E-state index contributed by atoms with van der Waals surface area (Å²) in [6.07, 6.45) is 12.7. The number of halogens is 2. The van der Waals surface area contributed by atoms with Gasteiger partial charge in [-0.15, -0.1) is 10.2 Å². The number of fused-ring (bicyclic) bond motifs is 2. The van der Waals surface area contributed by atoms with Gasteiger partial charge in [-0.1, -0.05) is 6.08 Å². The van der Waals surface area contributed by atoms with Gasteiger partial charge in [0.15, 0.2) is 5.03 Å². The number of sulfonamides is 1. The van der Waals surface area contributed by atoms with Crippen molar-refractivity contribution >= 4 is 44.6 Å². The Kier molecular flexibility index (Phi) is 15.4. The van der Waals surface area contributed by atoms with E-state index in [1.807, 2.05) is 23.7 Å². The van der Waals surface area contributed by atoms with Crippen molar-refractivity contribution < 1.29 is 46.0 Å². The van der Waals surface area contributed by atoms with Gasteiger partial charge in [0, 0.05) is 92.2 Å². The number of anilines is 2. The molecule has 2 fully saturated rings. The van der Waals surface area contributed by atoms with Gasteiger partial charge in [-0.05, 0) is 109 Å². The average Bonchev–Trinajstić information content (AvgIpc) is 3.90. The van der Waals surface area contributed by atoms with Gasteiger partial charge in [-0.2, -0.15) is 8.78 Å². The molecule has 2 atom stereocenters. The lowest BCUT2D eigenvalue weighted by Crippen LogP contribution is -2.43. The van der Waals surface area contributed by atoms with Crippen molar-refractivity contribution in [2.45, 2.75) is 139 Å². The number of ether oxygens (including phenoxy) is 4. The molecule has 0 aromatic carbocycles. The maximum Gasteiger partial charge on any atom is 0.412 e. The second kappa shape index (κ2) is 21.3. The zero-order valence-electron chi connectivity index (χ0n) is 39.9. The van der Waals surface area contributed by atoms with Crippen LogP contribution in [0, 0.1) is 0 Å². The summed E-state index contributed by atoms with van der Waals surface area (Å²) in [5, 5.41) is 26.2. The lowest BCUT2D eigenvalue weighted by atomic mass is 9.85. The second-order valence-electron chi connectivity index (χ2n) is 18.7. The maximum absolute atomic E-state index is 13.7. The molecule has 5 aromatic heterocycles. The third kappa shape index (κ3) is 11.8. The number of alkyl halides is 2. The monoisotopic (exact) mass is 979 g/mol. The molecule has 4 N–H and O–H groups in total. The highest BCUT2D eigenvalue weighted by molar-refractivity contribution is 7.89. The fourth-order valence-electron chi connectivity index (χ4n) is 9.65. The van der Waals surface area contributed by atoms with E-state index in [1.54, 1.807) is 49.6 Å². The summed E-state index contributed by atoms with van der Waals surface area (Å²) in [5.41, 5.74) is 7.07. The van der Waals surface area contributed by atoms with Crippen LogP contribution in [-0.4, -0.2) is 136 Å². The quantitative estimate of drug-likeness (QED) is 0.0653. The first-order chi connectivity index (χ1) is 33.0. The van der Waals surface area contributed by atoms with E-state index in [0.717, 1.165) is 72.1 Å². The SMILES string of the molecule is CNS(=O)(=O)c1ccc(-c2cc([C@H]3CC[C@H](OC(C)(C)OC(=O)N4CC=C(c5cc([C@H]6CC[C@H](O)CC6)n6nc(N[C@@H](C)COC)ncc56)CC4)CC3)n3nc(N[C@@H](C)COC(F)F)ncc23)cn1. The molecule has 0 bridgehead atoms. The molecule has 0 saturated heterocycles. The molecular formula is C47H63F2N11O8S. The molecule has 2 aliphatic carbocycles. The Hall–Kier alpha value is -5.39. The molecule has 3 aliphatic rings. The van der Waals surface area contributed by atoms with Crippen molar-refractivity contribution in [2.75, 3.05) is 51.1 Å². The van der Waals surface area contributed by atoms with Gasteiger partial charge in [0.1, 0.15) is 0 Å². The zero-order valence-corrected chi connectivity index (χ0v) is 40.7. The number of nitrogens with one attached hydrogen (secondary N) is 3. The van der Waals surface area contributed by atoms with Gasteiger partial charge >= 0.3 is 12.7 Å². The number of rotatable bonds is 18. The van der Waals surface area contributed by atoms with Crippen LogP contribution in [0.15, 0.2) is 54.0 Å². The first kappa shape index (κ1) is 50.0. The van der Waals surface area contributed by atoms with E-state index >= 15 is 0 Å². The summed E-state index contributed by atoms with van der Waals surface area (Å²) in [4.78, 5) is 28.7. The van der Waals surface area contributed by atoms with Crippen LogP contribution in [0.2, 0.25) is 0 Å². The molecule has 6 heterocycles. The van der Waals surface area contributed by atoms with Crippen molar-refractivity contribution in [2.24, 2.45) is 0 Å². The third-order valence-electron chi connectivity index (χ3n) is 13.1. The van der Waals surface area contributed by atoms with Crippen LogP contribution in [0.4, 0.5) is 25.5 Å². The molecule has 8 rings (SSSR count). The van der Waals surface area contributed by atoms with E-state index in [1.165, 1.54) is 19.3 Å². The van der Waals surface area contributed by atoms with Crippen LogP contribution >= 0.6 is 0 Å². The van der Waals surface area contributed by atoms with Gasteiger partial charge in [0.05, 0.1) is 48.8 Å². The van der Waals surface area contributed by atoms with Crippen LogP contribution in [0.1, 0.15) is 114 Å². The van der Waals surface area contributed by atoms with Gasteiger partial charge in [-0.25, -0.2) is 41.9 Å². The lowest BCUT2D eigenvalue weighted by molar-refractivity contribution is -0.214. The number of aliphatic hydroxyl groups excluding tert-OH is 1. The molecule has 0 unspecified atom stereocenters. The first-order valence-corrected chi connectivity index (χ1v) is 25.1. The topological polar surface area (TPSA) is 221 Å². The fraction of sp³-hybridized carbons (Fsp3) is 0.574. The summed E-state index contributed by atoms with van der Waals surface area (Å²) in [5.74, 6) is -0.200. The lowest BCUT2D eigenvalue weighted by Gasteiger charge is -2.36. The predicted molar refractivity (Wildman–Crippen MR) is 253 cm³/mol. The zero-order chi connectivity index (χ0) is 49.0. The van der Waals surface area contributed by atoms with E-state index < -0.39 is 34.6 Å². The van der Waals surface area contributed by atoms with E-state index in [9.17, 15) is 27.1 Å². The minimum Gasteiger partial charge on any atom is -0.417 e. The summed E-state index contributed by atoms with van der Waals surface area (Å²) < 4.78 is 78.6. The first-order valence-electron chi connectivity index (χ1n) is 23.6. The van der Waals surface area contributed by atoms with Crippen LogP contribution in [-0.2, 0) is 29.0 Å². The number of carbonyl (C=O) groups excluding carboxylic acids is 1. The summed E-state index contributed by atoms with van der Waals surface area (Å²) in [6.45, 7) is 5.38. The van der Waals surface area contributed by atoms with Crippen LogP contribution in [0.25, 0.3) is 27.7 Å². The Balaban J connectivity index is 0.921. The molecule has 1 aliphatic heterocycles. The molecule has 0 radical (unpaired) electrons. The van der Waals surface area contributed by atoms with Crippen molar-refractivity contribution in [3.8, 4) is 11.1 Å². The number of carbonyl (C=O) groups is 1. The molecule has 0 spiro atoms. The van der Waals surface area contributed by atoms with E-state index in [-0.39, 0.29) is 47.7 Å². The van der Waals surface area contributed by atoms with Crippen LogP contribution < -0.4 is 15.4 Å². The van der Waals surface area contributed by atoms with Crippen molar-refractivity contribution in [1.82, 2.24) is 43.8 Å². The number of amides is 1. The Bertz CT molecular complexity index is 2720. The number of hydrogen-bond donors (Lipinski definition) is 4. The standard InChI is InChI=1S/C47H63F2N11O8S/c1-28(26-65-6)54-44-52-24-40-36(21-38(59(40)56-44)31-7-12-34(61)13-8-31)30-17-19-58(20-18-30)46(62)68-47(3,4)67-35-14-9-32(10-15-35)39-22-37(33-11-16-42(51-23-33)69(63,64)50-5)41-25-53-45(57-60(39)41)55-29(2)27-66-43(48)49/h11,16-17,21-25,28-29,31-32,34-35,43,50,61H,7-10,12-15,18-20,26-27H2,1-6H3,(H,54,56)(H,55,57)/t28-,29-,31-,32-,34-,35-/m0/s1. The minimum atomic E-state index is -3.75. The minimum absolute atomic E-state index is 0.0162. The van der Waals surface area contributed by atoms with E-state index in [4.69, 9.17) is 24.4 Å². The number of aliphatic hydroxyl groups is 1. The van der Waals surface area contributed by atoms with Crippen LogP contribution in [0.5, 0.6) is 0 Å². The van der Waals surface area contributed by atoms with Gasteiger partial charge in [-0.3, -0.25) is 0 Å². The Labute approximate surface area is 400 Å². The summed E-state index contributed by atoms with van der Waals surface area (Å²) in [7, 11) is -0.770. The smallest absolute Gasteiger partial charge is 0.412 e. The molecule has 19 nitrogen and oxygen atoms in total. The molecule has 69 heavy (non-hydrogen) atoms. The highest BCUT2D eigenvalue weighted by Crippen LogP contribution is 2.41. The van der Waals surface area contributed by atoms with Crippen molar-refractivity contribution in [3.63, 3.8) is 0 Å². The molecule has 22 heteroatoms. The van der Waals surface area contributed by atoms with Crippen molar-refractivity contribution in [3.05, 3.63) is 65.9 Å². The maximum atomic E-state index is 13.7. The molecule has 374 valence electrons. The average molecular weight is 980 g/mol. The highest BCUT2D eigenvalue weighted by atomic mass is 32.2. The highest BCUT2D eigenvalue weighted by Gasteiger charge is 2.35. The fourth-order valence-corrected chi connectivity index (χ4v) is 10.3. The van der Waals surface area contributed by atoms with Gasteiger partial charge < -0.3 is 39.6 Å². The summed E-state index contributed by atoms with van der Waals surface area (Å²) >= 11 is 0. The number of nitrogens with zero attached hydrogens (tertiary/aromatic N) is 8. The normalized spacial score (nSPS) is 21.4.